The van der Waals surface area contributed by atoms with E-state index in [2.05, 4.69) is 54.4 Å². The highest BCUT2D eigenvalue weighted by molar-refractivity contribution is 5.21. The third-order valence-corrected chi connectivity index (χ3v) is 4.99. The van der Waals surface area contributed by atoms with Gasteiger partial charge in [0.25, 0.3) is 0 Å². The molecular weight excluding hydrogens is 260 g/mol. The Labute approximate surface area is 128 Å². The topological polar surface area (TPSA) is 24.5 Å². The summed E-state index contributed by atoms with van der Waals surface area (Å²) in [7, 11) is 1.81. The minimum absolute atomic E-state index is 0.0600. The number of rotatable bonds is 5. The maximum atomic E-state index is 5.49. The number of nitrogens with zero attached hydrogens (tertiary/aromatic N) is 1. The molecule has 1 saturated carbocycles. The van der Waals surface area contributed by atoms with Crippen LogP contribution < -0.4 is 5.32 Å². The van der Waals surface area contributed by atoms with Crippen molar-refractivity contribution in [3.05, 3.63) is 35.9 Å². The Kier molecular flexibility index (Phi) is 4.34. The van der Waals surface area contributed by atoms with Gasteiger partial charge in [0, 0.05) is 37.8 Å². The summed E-state index contributed by atoms with van der Waals surface area (Å²) in [6.45, 7) is 7.55. The van der Waals surface area contributed by atoms with Crippen LogP contribution in [0.5, 0.6) is 0 Å². The van der Waals surface area contributed by atoms with E-state index < -0.39 is 0 Å². The number of hydrogen-bond donors (Lipinski definition) is 1. The average molecular weight is 288 g/mol. The highest BCUT2D eigenvalue weighted by Crippen LogP contribution is 2.38. The van der Waals surface area contributed by atoms with E-state index in [0.29, 0.717) is 12.1 Å². The number of piperazine rings is 1. The van der Waals surface area contributed by atoms with Crippen molar-refractivity contribution in [3.63, 3.8) is 0 Å². The monoisotopic (exact) mass is 288 g/mol. The van der Waals surface area contributed by atoms with Gasteiger partial charge in [-0.25, -0.2) is 0 Å². The predicted molar refractivity (Wildman–Crippen MR) is 86.4 cm³/mol. The Morgan fingerprint density at radius 1 is 1.24 bits per heavy atom. The first-order chi connectivity index (χ1) is 10.1. The van der Waals surface area contributed by atoms with E-state index in [1.54, 1.807) is 7.11 Å². The summed E-state index contributed by atoms with van der Waals surface area (Å²) < 4.78 is 5.49. The fourth-order valence-corrected chi connectivity index (χ4v) is 3.67. The maximum Gasteiger partial charge on any atom is 0.0641 e. The van der Waals surface area contributed by atoms with Crippen molar-refractivity contribution < 1.29 is 4.74 Å². The first-order valence-corrected chi connectivity index (χ1v) is 8.16. The first-order valence-electron chi connectivity index (χ1n) is 8.16. The summed E-state index contributed by atoms with van der Waals surface area (Å²) >= 11 is 0. The predicted octanol–water partition coefficient (Wildman–Crippen LogP) is 2.84. The van der Waals surface area contributed by atoms with E-state index in [1.807, 2.05) is 0 Å². The molecule has 21 heavy (non-hydrogen) atoms. The Balaban J connectivity index is 1.83. The van der Waals surface area contributed by atoms with E-state index in [1.165, 1.54) is 18.4 Å². The van der Waals surface area contributed by atoms with Gasteiger partial charge < -0.3 is 10.1 Å². The second-order valence-corrected chi connectivity index (χ2v) is 7.18. The van der Waals surface area contributed by atoms with Crippen molar-refractivity contribution in [1.29, 1.82) is 0 Å². The van der Waals surface area contributed by atoms with Gasteiger partial charge in [0.15, 0.2) is 0 Å². The van der Waals surface area contributed by atoms with Crippen molar-refractivity contribution >= 4 is 0 Å². The Hall–Kier alpha value is -0.900. The molecule has 1 N–H and O–H groups in total. The molecule has 3 heteroatoms. The van der Waals surface area contributed by atoms with Crippen LogP contribution in [0.2, 0.25) is 0 Å². The summed E-state index contributed by atoms with van der Waals surface area (Å²) in [5.41, 5.74) is 1.47. The van der Waals surface area contributed by atoms with Crippen LogP contribution in [0.4, 0.5) is 0 Å². The number of benzene rings is 1. The van der Waals surface area contributed by atoms with Crippen molar-refractivity contribution in [3.8, 4) is 0 Å². The molecule has 3 nitrogen and oxygen atoms in total. The molecule has 0 spiro atoms. The Morgan fingerprint density at radius 2 is 1.95 bits per heavy atom. The van der Waals surface area contributed by atoms with Crippen LogP contribution in [0.15, 0.2) is 30.3 Å². The van der Waals surface area contributed by atoms with Crippen LogP contribution in [0.1, 0.15) is 38.3 Å². The second kappa shape index (κ2) is 6.07. The lowest BCUT2D eigenvalue weighted by Gasteiger charge is -2.49. The van der Waals surface area contributed by atoms with E-state index in [4.69, 9.17) is 4.74 Å². The van der Waals surface area contributed by atoms with Gasteiger partial charge >= 0.3 is 0 Å². The van der Waals surface area contributed by atoms with E-state index in [-0.39, 0.29) is 5.54 Å². The standard InChI is InChI=1S/C18H28N2O/c1-18(2,13-21-3)20-12-16(14-9-10-14)19-11-17(20)15-7-5-4-6-8-15/h4-8,14,16-17,19H,9-13H2,1-3H3. The maximum absolute atomic E-state index is 5.49. The zero-order valence-corrected chi connectivity index (χ0v) is 13.5. The number of hydrogen-bond acceptors (Lipinski definition) is 3. The lowest BCUT2D eigenvalue weighted by atomic mass is 9.92. The normalized spacial score (nSPS) is 27.8. The van der Waals surface area contributed by atoms with Gasteiger partial charge in [0.1, 0.15) is 0 Å². The van der Waals surface area contributed by atoms with Gasteiger partial charge in [-0.05, 0) is 38.2 Å². The molecule has 1 aromatic rings. The van der Waals surface area contributed by atoms with Gasteiger partial charge in [0.2, 0.25) is 0 Å². The van der Waals surface area contributed by atoms with E-state index in [0.717, 1.165) is 25.6 Å². The molecule has 2 unspecified atom stereocenters. The zero-order valence-electron chi connectivity index (χ0n) is 13.5. The van der Waals surface area contributed by atoms with Crippen molar-refractivity contribution in [1.82, 2.24) is 10.2 Å². The zero-order chi connectivity index (χ0) is 14.9. The van der Waals surface area contributed by atoms with Gasteiger partial charge in [-0.15, -0.1) is 0 Å². The molecule has 116 valence electrons. The molecule has 1 aliphatic carbocycles. The molecule has 0 amide bonds. The van der Waals surface area contributed by atoms with Crippen LogP contribution in [0.3, 0.4) is 0 Å². The van der Waals surface area contributed by atoms with Crippen LogP contribution in [-0.2, 0) is 4.74 Å². The van der Waals surface area contributed by atoms with Crippen molar-refractivity contribution in [2.75, 3.05) is 26.8 Å². The van der Waals surface area contributed by atoms with Crippen molar-refractivity contribution in [2.24, 2.45) is 5.92 Å². The van der Waals surface area contributed by atoms with Gasteiger partial charge in [-0.3, -0.25) is 4.90 Å². The smallest absolute Gasteiger partial charge is 0.0641 e. The molecule has 2 aliphatic rings. The Bertz CT molecular complexity index is 456. The molecular formula is C18H28N2O. The molecule has 3 rings (SSSR count). The average Bonchev–Trinajstić information content (AvgIpc) is 3.32. The minimum Gasteiger partial charge on any atom is -0.383 e. The van der Waals surface area contributed by atoms with Crippen LogP contribution in [0, 0.1) is 5.92 Å². The van der Waals surface area contributed by atoms with E-state index in [9.17, 15) is 0 Å². The lowest BCUT2D eigenvalue weighted by Crippen LogP contribution is -2.60. The first kappa shape index (κ1) is 15.0. The fraction of sp³-hybridized carbons (Fsp3) is 0.667. The minimum atomic E-state index is 0.0600. The number of ether oxygens (including phenoxy) is 1. The molecule has 1 saturated heterocycles. The van der Waals surface area contributed by atoms with Crippen LogP contribution >= 0.6 is 0 Å². The van der Waals surface area contributed by atoms with Crippen molar-refractivity contribution in [2.45, 2.75) is 44.3 Å². The molecule has 0 radical (unpaired) electrons. The SMILES string of the molecule is COCC(C)(C)N1CC(C2CC2)NCC1c1ccccc1. The second-order valence-electron chi connectivity index (χ2n) is 7.18. The summed E-state index contributed by atoms with van der Waals surface area (Å²) in [4.78, 5) is 2.66. The third-order valence-electron chi connectivity index (χ3n) is 4.99. The fourth-order valence-electron chi connectivity index (χ4n) is 3.67. The molecule has 0 aromatic heterocycles. The molecule has 2 atom stereocenters. The quantitative estimate of drug-likeness (QED) is 0.901. The van der Waals surface area contributed by atoms with E-state index >= 15 is 0 Å². The summed E-state index contributed by atoms with van der Waals surface area (Å²) in [6, 6.07) is 12.0. The summed E-state index contributed by atoms with van der Waals surface area (Å²) in [5, 5.41) is 3.79. The largest absolute Gasteiger partial charge is 0.383 e. The molecule has 2 fully saturated rings. The summed E-state index contributed by atoms with van der Waals surface area (Å²) in [5.74, 6) is 0.891. The van der Waals surface area contributed by atoms with Gasteiger partial charge in [-0.1, -0.05) is 30.3 Å². The van der Waals surface area contributed by atoms with Gasteiger partial charge in [-0.2, -0.15) is 0 Å². The highest BCUT2D eigenvalue weighted by atomic mass is 16.5. The number of nitrogens with one attached hydrogen (secondary N) is 1. The third kappa shape index (κ3) is 3.31. The molecule has 1 aliphatic heterocycles. The van der Waals surface area contributed by atoms with Crippen LogP contribution in [-0.4, -0.2) is 43.3 Å². The summed E-state index contributed by atoms with van der Waals surface area (Å²) in [6.07, 6.45) is 2.79. The molecule has 1 aromatic carbocycles. The van der Waals surface area contributed by atoms with Gasteiger partial charge in [0.05, 0.1) is 6.61 Å². The van der Waals surface area contributed by atoms with Crippen LogP contribution in [0.25, 0.3) is 0 Å². The lowest BCUT2D eigenvalue weighted by molar-refractivity contribution is -0.0203. The molecule has 0 bridgehead atoms. The number of methoxy groups -OCH3 is 1. The Morgan fingerprint density at radius 3 is 2.57 bits per heavy atom. The molecule has 1 heterocycles. The highest BCUT2D eigenvalue weighted by Gasteiger charge is 2.42.